The van der Waals surface area contributed by atoms with Crippen LogP contribution >= 0.6 is 11.8 Å². The Labute approximate surface area is 144 Å². The Bertz CT molecular complexity index is 834. The smallest absolute Gasteiger partial charge is 0.291 e. The molecule has 0 saturated heterocycles. The standard InChI is InChI=1S/C17H20N4O2S/c1-4-10-24-17-18-16(23)15-12-8-6-7-9-13(12)20(11(3)22)14(5-2)21(15)19-17/h6-9,14H,4-5,10H2,1-3H3/p+1/t14-/m1/s1. The minimum absolute atomic E-state index is 0.0581. The van der Waals surface area contributed by atoms with Crippen molar-refractivity contribution in [3.05, 3.63) is 34.6 Å². The number of hydrogen-bond donors (Lipinski definition) is 1. The highest BCUT2D eigenvalue weighted by molar-refractivity contribution is 7.99. The summed E-state index contributed by atoms with van der Waals surface area (Å²) >= 11 is 1.52. The van der Waals surface area contributed by atoms with Crippen molar-refractivity contribution in [3.8, 4) is 11.3 Å². The van der Waals surface area contributed by atoms with E-state index < -0.39 is 0 Å². The summed E-state index contributed by atoms with van der Waals surface area (Å²) in [5, 5.41) is 5.22. The van der Waals surface area contributed by atoms with Crippen LogP contribution in [0.2, 0.25) is 0 Å². The SMILES string of the molecule is CCCSc1n[n+]2c(c(=O)[nH]1)-c1ccccc1N(C(C)=O)[C@H]2CC. The van der Waals surface area contributed by atoms with Gasteiger partial charge in [0.05, 0.1) is 11.3 Å². The Morgan fingerprint density at radius 1 is 1.38 bits per heavy atom. The average molecular weight is 345 g/mol. The van der Waals surface area contributed by atoms with E-state index in [1.54, 1.807) is 16.5 Å². The molecule has 7 heteroatoms. The molecule has 1 aliphatic rings. The minimum Gasteiger partial charge on any atom is -0.291 e. The quantitative estimate of drug-likeness (QED) is 0.683. The first-order valence-electron chi connectivity index (χ1n) is 8.16. The average Bonchev–Trinajstić information content (AvgIpc) is 2.57. The number of hydrogen-bond acceptors (Lipinski definition) is 4. The second-order valence-electron chi connectivity index (χ2n) is 5.70. The van der Waals surface area contributed by atoms with Crippen molar-refractivity contribution in [3.63, 3.8) is 0 Å². The first-order chi connectivity index (χ1) is 11.6. The van der Waals surface area contributed by atoms with Crippen molar-refractivity contribution in [2.24, 2.45) is 0 Å². The van der Waals surface area contributed by atoms with E-state index in [4.69, 9.17) is 0 Å². The molecule has 1 aromatic heterocycles. The van der Waals surface area contributed by atoms with Crippen molar-refractivity contribution in [2.75, 3.05) is 10.7 Å². The maximum absolute atomic E-state index is 12.7. The van der Waals surface area contributed by atoms with Crippen LogP contribution in [0.25, 0.3) is 11.3 Å². The molecule has 1 amide bonds. The fourth-order valence-corrected chi connectivity index (χ4v) is 3.76. The van der Waals surface area contributed by atoms with Gasteiger partial charge >= 0.3 is 11.3 Å². The maximum Gasteiger partial charge on any atom is 0.325 e. The van der Waals surface area contributed by atoms with Gasteiger partial charge in [-0.05, 0) is 18.6 Å². The maximum atomic E-state index is 12.7. The molecule has 0 aliphatic carbocycles. The number of rotatable bonds is 4. The third kappa shape index (κ3) is 2.73. The molecule has 0 saturated carbocycles. The van der Waals surface area contributed by atoms with Gasteiger partial charge in [0.2, 0.25) is 11.1 Å². The number of nitrogens with zero attached hydrogens (tertiary/aromatic N) is 3. The van der Waals surface area contributed by atoms with Crippen LogP contribution in [0.4, 0.5) is 5.69 Å². The lowest BCUT2D eigenvalue weighted by Gasteiger charge is -2.30. The van der Waals surface area contributed by atoms with Crippen LogP contribution in [-0.4, -0.2) is 21.7 Å². The predicted octanol–water partition coefficient (Wildman–Crippen LogP) is 2.50. The number of para-hydroxylation sites is 1. The predicted molar refractivity (Wildman–Crippen MR) is 94.0 cm³/mol. The number of aromatic nitrogens is 3. The summed E-state index contributed by atoms with van der Waals surface area (Å²) < 4.78 is 1.71. The van der Waals surface area contributed by atoms with E-state index in [2.05, 4.69) is 17.0 Å². The molecule has 0 bridgehead atoms. The lowest BCUT2D eigenvalue weighted by molar-refractivity contribution is -0.771. The number of aromatic amines is 1. The molecule has 126 valence electrons. The Hall–Kier alpha value is -2.15. The first kappa shape index (κ1) is 16.7. The van der Waals surface area contributed by atoms with Gasteiger partial charge in [-0.1, -0.05) is 42.4 Å². The summed E-state index contributed by atoms with van der Waals surface area (Å²) in [6, 6.07) is 7.48. The largest absolute Gasteiger partial charge is 0.325 e. The molecular weight excluding hydrogens is 324 g/mol. The molecule has 1 aromatic carbocycles. The topological polar surface area (TPSA) is 69.9 Å². The molecule has 2 aromatic rings. The Kier molecular flexibility index (Phi) is 4.71. The van der Waals surface area contributed by atoms with Crippen molar-refractivity contribution in [1.82, 2.24) is 10.1 Å². The summed E-state index contributed by atoms with van der Waals surface area (Å²) in [5.41, 5.74) is 1.84. The lowest BCUT2D eigenvalue weighted by Crippen LogP contribution is -2.60. The molecule has 1 N–H and O–H groups in total. The monoisotopic (exact) mass is 345 g/mol. The molecule has 0 unspecified atom stereocenters. The zero-order valence-electron chi connectivity index (χ0n) is 14.1. The number of benzene rings is 1. The second-order valence-corrected chi connectivity index (χ2v) is 6.78. The molecule has 1 aliphatic heterocycles. The van der Waals surface area contributed by atoms with Gasteiger partial charge in [-0.25, -0.2) is 0 Å². The number of H-pyrrole nitrogens is 1. The van der Waals surface area contributed by atoms with Crippen molar-refractivity contribution >= 4 is 23.4 Å². The van der Waals surface area contributed by atoms with Crippen molar-refractivity contribution < 1.29 is 9.48 Å². The Morgan fingerprint density at radius 2 is 2.12 bits per heavy atom. The number of carbonyl (C=O) groups is 1. The molecule has 1 atom stereocenters. The Morgan fingerprint density at radius 3 is 2.79 bits per heavy atom. The Balaban J connectivity index is 2.25. The molecule has 0 fully saturated rings. The number of anilines is 1. The molecular formula is C17H21N4O2S+. The van der Waals surface area contributed by atoms with E-state index >= 15 is 0 Å². The van der Waals surface area contributed by atoms with Crippen LogP contribution in [0.1, 0.15) is 39.8 Å². The lowest BCUT2D eigenvalue weighted by atomic mass is 10.0. The van der Waals surface area contributed by atoms with E-state index in [1.165, 1.54) is 11.8 Å². The minimum atomic E-state index is -0.296. The summed E-state index contributed by atoms with van der Waals surface area (Å²) in [6.07, 6.45) is 1.37. The van der Waals surface area contributed by atoms with Crippen LogP contribution in [0.3, 0.4) is 0 Å². The van der Waals surface area contributed by atoms with Crippen molar-refractivity contribution in [1.29, 1.82) is 0 Å². The number of nitrogens with one attached hydrogen (secondary N) is 1. The number of fused-ring (bicyclic) bond motifs is 3. The summed E-state index contributed by atoms with van der Waals surface area (Å²) in [6.45, 7) is 5.62. The van der Waals surface area contributed by atoms with Crippen LogP contribution in [0, 0.1) is 0 Å². The highest BCUT2D eigenvalue weighted by Crippen LogP contribution is 2.35. The fourth-order valence-electron chi connectivity index (χ4n) is 3.05. The molecule has 24 heavy (non-hydrogen) atoms. The van der Waals surface area contributed by atoms with Crippen LogP contribution < -0.4 is 15.1 Å². The normalized spacial score (nSPS) is 15.8. The number of amides is 1. The summed E-state index contributed by atoms with van der Waals surface area (Å²) in [5.74, 6) is 0.823. The second kappa shape index (κ2) is 6.76. The fraction of sp³-hybridized carbons (Fsp3) is 0.412. The van der Waals surface area contributed by atoms with Gasteiger partial charge in [0.1, 0.15) is 0 Å². The molecule has 2 heterocycles. The molecule has 0 radical (unpaired) electrons. The van der Waals surface area contributed by atoms with Crippen LogP contribution in [0.5, 0.6) is 0 Å². The van der Waals surface area contributed by atoms with E-state index in [1.807, 2.05) is 31.2 Å². The van der Waals surface area contributed by atoms with Gasteiger partial charge in [-0.15, -0.1) is 0 Å². The highest BCUT2D eigenvalue weighted by Gasteiger charge is 2.42. The highest BCUT2D eigenvalue weighted by atomic mass is 32.2. The third-order valence-corrected chi connectivity index (χ3v) is 5.08. The van der Waals surface area contributed by atoms with Crippen LogP contribution in [0.15, 0.2) is 34.2 Å². The third-order valence-electron chi connectivity index (χ3n) is 4.01. The van der Waals surface area contributed by atoms with Gasteiger partial charge in [0.25, 0.3) is 6.17 Å². The zero-order chi connectivity index (χ0) is 17.3. The van der Waals surface area contributed by atoms with E-state index in [-0.39, 0.29) is 17.6 Å². The van der Waals surface area contributed by atoms with Gasteiger partial charge in [-0.2, -0.15) is 0 Å². The number of carbonyl (C=O) groups excluding carboxylic acids is 1. The van der Waals surface area contributed by atoms with E-state index in [0.29, 0.717) is 17.3 Å². The van der Waals surface area contributed by atoms with E-state index in [9.17, 15) is 9.59 Å². The van der Waals surface area contributed by atoms with Crippen LogP contribution in [-0.2, 0) is 4.79 Å². The molecule has 6 nitrogen and oxygen atoms in total. The summed E-state index contributed by atoms with van der Waals surface area (Å²) in [4.78, 5) is 29.6. The van der Waals surface area contributed by atoms with E-state index in [0.717, 1.165) is 23.4 Å². The molecule has 0 spiro atoms. The van der Waals surface area contributed by atoms with Crippen molar-refractivity contribution in [2.45, 2.75) is 44.9 Å². The molecule has 3 rings (SSSR count). The summed E-state index contributed by atoms with van der Waals surface area (Å²) in [7, 11) is 0. The van der Waals surface area contributed by atoms with Gasteiger partial charge < -0.3 is 0 Å². The van der Waals surface area contributed by atoms with Gasteiger partial charge in [-0.3, -0.25) is 19.5 Å². The number of thioether (sulfide) groups is 1. The zero-order valence-corrected chi connectivity index (χ0v) is 14.9. The van der Waals surface area contributed by atoms with Gasteiger partial charge in [0.15, 0.2) is 0 Å². The van der Waals surface area contributed by atoms with Gasteiger partial charge in [0, 0.05) is 24.2 Å². The first-order valence-corrected chi connectivity index (χ1v) is 9.15.